The van der Waals surface area contributed by atoms with Gasteiger partial charge in [0.25, 0.3) is 0 Å². The summed E-state index contributed by atoms with van der Waals surface area (Å²) in [5.41, 5.74) is 0. The van der Waals surface area contributed by atoms with Gasteiger partial charge in [0.05, 0.1) is 0 Å². The van der Waals surface area contributed by atoms with Crippen LogP contribution >= 0.6 is 0 Å². The van der Waals surface area contributed by atoms with Gasteiger partial charge in [-0.25, -0.2) is 0 Å². The van der Waals surface area contributed by atoms with E-state index in [0.29, 0.717) is 0 Å². The Balaban J connectivity index is 1.86. The quantitative estimate of drug-likeness (QED) is 0.695. The zero-order valence-electron chi connectivity index (χ0n) is 9.09. The molecule has 0 unspecified atom stereocenters. The van der Waals surface area contributed by atoms with Crippen molar-refractivity contribution in [2.75, 3.05) is 13.6 Å². The maximum absolute atomic E-state index is 3.77. The highest BCUT2D eigenvalue weighted by atomic mass is 15.2. The van der Waals surface area contributed by atoms with Gasteiger partial charge in [-0.15, -0.1) is 0 Å². The number of rotatable bonds is 2. The highest BCUT2D eigenvalue weighted by molar-refractivity contribution is 4.91. The zero-order chi connectivity index (χ0) is 9.42. The van der Waals surface area contributed by atoms with Gasteiger partial charge in [0.1, 0.15) is 0 Å². The second-order valence-corrected chi connectivity index (χ2v) is 5.05. The number of piperidine rings is 1. The number of nitrogens with zero attached hydrogens (tertiary/aromatic N) is 1. The highest BCUT2D eigenvalue weighted by Crippen LogP contribution is 2.26. The van der Waals surface area contributed by atoms with Crippen LogP contribution in [0.5, 0.6) is 0 Å². The molecule has 0 bridgehead atoms. The molecule has 1 N–H and O–H groups in total. The van der Waals surface area contributed by atoms with Gasteiger partial charge in [-0.2, -0.15) is 0 Å². The molecule has 1 saturated carbocycles. The molecule has 0 amide bonds. The molecule has 3 atom stereocenters. The smallest absolute Gasteiger partial charge is 0.0122 e. The summed E-state index contributed by atoms with van der Waals surface area (Å²) in [5, 5.41) is 3.77. The molecule has 0 radical (unpaired) electrons. The largest absolute Gasteiger partial charge is 0.311 e. The lowest BCUT2D eigenvalue weighted by Gasteiger charge is -2.40. The topological polar surface area (TPSA) is 15.3 Å². The average Bonchev–Trinajstić information content (AvgIpc) is 2.84. The lowest BCUT2D eigenvalue weighted by Crippen LogP contribution is -2.51. The maximum atomic E-state index is 3.77. The molecular formula is C11H22N2. The maximum Gasteiger partial charge on any atom is 0.0122 e. The van der Waals surface area contributed by atoms with E-state index in [2.05, 4.69) is 31.1 Å². The summed E-state index contributed by atoms with van der Waals surface area (Å²) in [5.74, 6) is 0.821. The lowest BCUT2D eigenvalue weighted by atomic mass is 9.90. The van der Waals surface area contributed by atoms with Gasteiger partial charge in [0, 0.05) is 24.7 Å². The fourth-order valence-electron chi connectivity index (χ4n) is 2.33. The first-order valence-electron chi connectivity index (χ1n) is 5.63. The van der Waals surface area contributed by atoms with Crippen molar-refractivity contribution in [3.05, 3.63) is 0 Å². The Labute approximate surface area is 81.7 Å². The summed E-state index contributed by atoms with van der Waals surface area (Å²) >= 11 is 0. The lowest BCUT2D eigenvalue weighted by molar-refractivity contribution is 0.121. The van der Waals surface area contributed by atoms with E-state index in [1.807, 2.05) is 0 Å². The molecule has 2 nitrogen and oxygen atoms in total. The summed E-state index contributed by atoms with van der Waals surface area (Å²) < 4.78 is 0. The van der Waals surface area contributed by atoms with Crippen molar-refractivity contribution >= 4 is 0 Å². The molecular weight excluding hydrogens is 160 g/mol. The minimum absolute atomic E-state index is 0.757. The average molecular weight is 182 g/mol. The molecule has 1 saturated heterocycles. The minimum Gasteiger partial charge on any atom is -0.311 e. The Morgan fingerprint density at radius 3 is 2.54 bits per heavy atom. The van der Waals surface area contributed by atoms with Crippen LogP contribution in [0.25, 0.3) is 0 Å². The number of likely N-dealkylation sites (tertiary alicyclic amines) is 1. The van der Waals surface area contributed by atoms with Gasteiger partial charge in [0.15, 0.2) is 0 Å². The van der Waals surface area contributed by atoms with E-state index in [0.717, 1.165) is 24.0 Å². The van der Waals surface area contributed by atoms with Crippen molar-refractivity contribution in [2.24, 2.45) is 5.92 Å². The van der Waals surface area contributed by atoms with Gasteiger partial charge in [-0.1, -0.05) is 6.92 Å². The van der Waals surface area contributed by atoms with E-state index in [-0.39, 0.29) is 0 Å². The van der Waals surface area contributed by atoms with Gasteiger partial charge in [0.2, 0.25) is 0 Å². The zero-order valence-corrected chi connectivity index (χ0v) is 9.09. The molecule has 0 spiro atoms. The van der Waals surface area contributed by atoms with E-state index >= 15 is 0 Å². The summed E-state index contributed by atoms with van der Waals surface area (Å²) in [6.45, 7) is 5.97. The number of hydrogen-bond donors (Lipinski definition) is 1. The standard InChI is InChI=1S/C11H22N2/c1-8-7-13(3)9(2)6-11(8)12-10-4-5-10/h8-12H,4-7H2,1-3H3/t8-,9-,11+/m1/s1. The second-order valence-electron chi connectivity index (χ2n) is 5.05. The summed E-state index contributed by atoms with van der Waals surface area (Å²) in [4.78, 5) is 2.48. The summed E-state index contributed by atoms with van der Waals surface area (Å²) in [6, 6.07) is 2.40. The molecule has 2 aliphatic rings. The molecule has 0 aromatic carbocycles. The van der Waals surface area contributed by atoms with Crippen LogP contribution in [0.3, 0.4) is 0 Å². The Hall–Kier alpha value is -0.0800. The van der Waals surface area contributed by atoms with E-state index in [4.69, 9.17) is 0 Å². The number of hydrogen-bond acceptors (Lipinski definition) is 2. The van der Waals surface area contributed by atoms with Crippen molar-refractivity contribution in [1.29, 1.82) is 0 Å². The van der Waals surface area contributed by atoms with Crippen LogP contribution in [-0.2, 0) is 0 Å². The van der Waals surface area contributed by atoms with Crippen molar-refractivity contribution in [3.63, 3.8) is 0 Å². The molecule has 13 heavy (non-hydrogen) atoms. The molecule has 2 heteroatoms. The van der Waals surface area contributed by atoms with Crippen LogP contribution in [0.2, 0.25) is 0 Å². The first-order chi connectivity index (χ1) is 6.16. The van der Waals surface area contributed by atoms with Crippen LogP contribution in [0.4, 0.5) is 0 Å². The normalized spacial score (nSPS) is 42.2. The van der Waals surface area contributed by atoms with Gasteiger partial charge >= 0.3 is 0 Å². The molecule has 76 valence electrons. The molecule has 0 aromatic heterocycles. The molecule has 0 aromatic rings. The SMILES string of the molecule is C[C@@H]1CN(C)[C@H](C)C[C@@H]1NC1CC1. The van der Waals surface area contributed by atoms with Crippen LogP contribution in [0.15, 0.2) is 0 Å². The molecule has 1 aliphatic carbocycles. The Morgan fingerprint density at radius 1 is 1.23 bits per heavy atom. The predicted molar refractivity (Wildman–Crippen MR) is 55.8 cm³/mol. The van der Waals surface area contributed by atoms with Crippen molar-refractivity contribution < 1.29 is 0 Å². The van der Waals surface area contributed by atoms with E-state index in [1.54, 1.807) is 0 Å². The minimum atomic E-state index is 0.757. The first kappa shape index (κ1) is 9.47. The van der Waals surface area contributed by atoms with Crippen molar-refractivity contribution in [3.8, 4) is 0 Å². The van der Waals surface area contributed by atoms with Gasteiger partial charge in [-0.05, 0) is 39.2 Å². The molecule has 2 rings (SSSR count). The Bertz CT molecular complexity index is 177. The second kappa shape index (κ2) is 3.58. The molecule has 1 heterocycles. The monoisotopic (exact) mass is 182 g/mol. The van der Waals surface area contributed by atoms with E-state index < -0.39 is 0 Å². The third-order valence-corrected chi connectivity index (χ3v) is 3.64. The Kier molecular flexibility index (Phi) is 2.61. The highest BCUT2D eigenvalue weighted by Gasteiger charge is 2.32. The van der Waals surface area contributed by atoms with Crippen LogP contribution in [-0.4, -0.2) is 36.6 Å². The third-order valence-electron chi connectivity index (χ3n) is 3.64. The Morgan fingerprint density at radius 2 is 1.92 bits per heavy atom. The summed E-state index contributed by atoms with van der Waals surface area (Å²) in [6.07, 6.45) is 4.15. The van der Waals surface area contributed by atoms with Crippen LogP contribution in [0, 0.1) is 5.92 Å². The predicted octanol–water partition coefficient (Wildman–Crippen LogP) is 1.47. The fourth-order valence-corrected chi connectivity index (χ4v) is 2.33. The van der Waals surface area contributed by atoms with E-state index in [9.17, 15) is 0 Å². The van der Waals surface area contributed by atoms with Crippen LogP contribution < -0.4 is 5.32 Å². The molecule has 2 fully saturated rings. The van der Waals surface area contributed by atoms with E-state index in [1.165, 1.54) is 25.8 Å². The van der Waals surface area contributed by atoms with Gasteiger partial charge < -0.3 is 10.2 Å². The van der Waals surface area contributed by atoms with Crippen molar-refractivity contribution in [2.45, 2.75) is 51.2 Å². The van der Waals surface area contributed by atoms with Crippen molar-refractivity contribution in [1.82, 2.24) is 10.2 Å². The van der Waals surface area contributed by atoms with Crippen LogP contribution in [0.1, 0.15) is 33.1 Å². The number of nitrogens with one attached hydrogen (secondary N) is 1. The first-order valence-corrected chi connectivity index (χ1v) is 5.63. The summed E-state index contributed by atoms with van der Waals surface area (Å²) in [7, 11) is 2.24. The third kappa shape index (κ3) is 2.23. The molecule has 1 aliphatic heterocycles. The fraction of sp³-hybridized carbons (Fsp3) is 1.00. The van der Waals surface area contributed by atoms with Gasteiger partial charge in [-0.3, -0.25) is 0 Å².